The Bertz CT molecular complexity index is 1720. The normalized spacial score (nSPS) is 13.5. The molecule has 2 aromatic carbocycles. The van der Waals surface area contributed by atoms with Gasteiger partial charge in [-0.3, -0.25) is 19.3 Å². The first-order valence-corrected chi connectivity index (χ1v) is 16.1. The molecule has 14 nitrogen and oxygen atoms in total. The lowest BCUT2D eigenvalue weighted by molar-refractivity contribution is -0.115. The second-order valence-corrected chi connectivity index (χ2v) is 11.9. The zero-order valence-electron chi connectivity index (χ0n) is 24.9. The van der Waals surface area contributed by atoms with Crippen molar-refractivity contribution in [3.63, 3.8) is 0 Å². The minimum atomic E-state index is -4.51. The summed E-state index contributed by atoms with van der Waals surface area (Å²) in [6, 6.07) is 8.97. The van der Waals surface area contributed by atoms with Crippen LogP contribution >= 0.6 is 7.82 Å². The molecule has 1 aliphatic rings. The van der Waals surface area contributed by atoms with E-state index >= 15 is 0 Å². The highest BCUT2D eigenvalue weighted by Gasteiger charge is 2.25. The SMILES string of the molecule is COc1cc2c(Nc3cc(CC(=O)Nc4cccc(F)c4F)[nH]n3)ncnc2cc1OCCCN(CCOP(=O)(O)O)C1CCC1. The number of hydrogen-bond donors (Lipinski definition) is 5. The van der Waals surface area contributed by atoms with Crippen LogP contribution in [0.1, 0.15) is 31.4 Å². The Balaban J connectivity index is 1.19. The number of nitrogens with one attached hydrogen (secondary N) is 3. The van der Waals surface area contributed by atoms with Crippen molar-refractivity contribution in [3.05, 3.63) is 60.1 Å². The molecule has 0 radical (unpaired) electrons. The average Bonchev–Trinajstić information content (AvgIpc) is 3.42. The van der Waals surface area contributed by atoms with E-state index in [2.05, 4.69) is 40.2 Å². The first-order valence-electron chi connectivity index (χ1n) is 14.5. The molecule has 0 saturated heterocycles. The topological polar surface area (TPSA) is 184 Å². The summed E-state index contributed by atoms with van der Waals surface area (Å²) in [6.45, 7) is 1.41. The zero-order valence-corrected chi connectivity index (χ0v) is 25.8. The molecule has 2 aromatic heterocycles. The van der Waals surface area contributed by atoms with Crippen molar-refractivity contribution in [1.82, 2.24) is 25.1 Å². The Morgan fingerprint density at radius 2 is 1.96 bits per heavy atom. The number of benzene rings is 2. The molecule has 0 spiro atoms. The third kappa shape index (κ3) is 8.73. The molecule has 0 aliphatic heterocycles. The molecule has 1 fully saturated rings. The van der Waals surface area contributed by atoms with E-state index in [1.165, 1.54) is 25.6 Å². The molecule has 0 unspecified atom stereocenters. The Kier molecular flexibility index (Phi) is 10.8. The van der Waals surface area contributed by atoms with Crippen molar-refractivity contribution in [1.29, 1.82) is 0 Å². The molecule has 17 heteroatoms. The summed E-state index contributed by atoms with van der Waals surface area (Å²) in [4.78, 5) is 41.2. The summed E-state index contributed by atoms with van der Waals surface area (Å²) in [7, 11) is -2.99. The monoisotopic (exact) mass is 661 g/mol. The van der Waals surface area contributed by atoms with Gasteiger partial charge in [0.1, 0.15) is 12.1 Å². The van der Waals surface area contributed by atoms with Crippen LogP contribution in [0.25, 0.3) is 10.9 Å². The van der Waals surface area contributed by atoms with Crippen LogP contribution in [0.2, 0.25) is 0 Å². The van der Waals surface area contributed by atoms with Gasteiger partial charge in [-0.25, -0.2) is 23.3 Å². The maximum absolute atomic E-state index is 13.9. The van der Waals surface area contributed by atoms with Gasteiger partial charge in [0.15, 0.2) is 29.0 Å². The van der Waals surface area contributed by atoms with Crippen LogP contribution in [0.3, 0.4) is 0 Å². The Hall–Kier alpha value is -4.21. The predicted molar refractivity (Wildman–Crippen MR) is 164 cm³/mol. The minimum Gasteiger partial charge on any atom is -0.493 e. The van der Waals surface area contributed by atoms with Crippen LogP contribution in [0.4, 0.5) is 26.1 Å². The molecule has 46 heavy (non-hydrogen) atoms. The van der Waals surface area contributed by atoms with Gasteiger partial charge in [0, 0.05) is 42.3 Å². The van der Waals surface area contributed by atoms with Crippen LogP contribution in [-0.4, -0.2) is 80.2 Å². The highest BCUT2D eigenvalue weighted by molar-refractivity contribution is 7.46. The quantitative estimate of drug-likeness (QED) is 0.0849. The molecule has 0 atom stereocenters. The molecule has 2 heterocycles. The fourth-order valence-corrected chi connectivity index (χ4v) is 5.32. The molecular formula is C29H34F2N7O7P. The van der Waals surface area contributed by atoms with Gasteiger partial charge in [-0.2, -0.15) is 5.10 Å². The lowest BCUT2D eigenvalue weighted by Gasteiger charge is -2.37. The van der Waals surface area contributed by atoms with E-state index in [9.17, 15) is 18.1 Å². The van der Waals surface area contributed by atoms with Crippen molar-refractivity contribution >= 4 is 42.0 Å². The van der Waals surface area contributed by atoms with Crippen molar-refractivity contribution in [2.45, 2.75) is 38.1 Å². The number of nitrogens with zero attached hydrogens (tertiary/aromatic N) is 4. The summed E-state index contributed by atoms with van der Waals surface area (Å²) in [5, 5.41) is 13.0. The van der Waals surface area contributed by atoms with Gasteiger partial charge in [-0.15, -0.1) is 0 Å². The summed E-state index contributed by atoms with van der Waals surface area (Å²) in [5.41, 5.74) is 0.745. The Morgan fingerprint density at radius 3 is 2.70 bits per heavy atom. The number of halogens is 2. The maximum atomic E-state index is 13.9. The van der Waals surface area contributed by atoms with Crippen molar-refractivity contribution in [3.8, 4) is 11.5 Å². The second-order valence-electron chi connectivity index (χ2n) is 10.6. The fraction of sp³-hybridized carbons (Fsp3) is 0.379. The number of fused-ring (bicyclic) bond motifs is 1. The predicted octanol–water partition coefficient (Wildman–Crippen LogP) is 4.30. The van der Waals surface area contributed by atoms with Gasteiger partial charge in [0.25, 0.3) is 0 Å². The van der Waals surface area contributed by atoms with Crippen molar-refractivity contribution < 1.29 is 41.9 Å². The number of rotatable bonds is 16. The number of amides is 1. The average molecular weight is 662 g/mol. The van der Waals surface area contributed by atoms with Crippen LogP contribution in [0, 0.1) is 11.6 Å². The van der Waals surface area contributed by atoms with Crippen LogP contribution in [-0.2, 0) is 20.3 Å². The van der Waals surface area contributed by atoms with E-state index in [4.69, 9.17) is 19.3 Å². The first kappa shape index (κ1) is 33.2. The summed E-state index contributed by atoms with van der Waals surface area (Å²) in [6.07, 6.45) is 5.09. The molecule has 5 rings (SSSR count). The third-order valence-electron chi connectivity index (χ3n) is 7.45. The number of anilines is 3. The lowest BCUT2D eigenvalue weighted by atomic mass is 9.91. The smallest absolute Gasteiger partial charge is 0.469 e. The molecule has 0 bridgehead atoms. The number of carbonyl (C=O) groups is 1. The molecular weight excluding hydrogens is 627 g/mol. The van der Waals surface area contributed by atoms with E-state index in [0.29, 0.717) is 71.9 Å². The number of aromatic amines is 1. The van der Waals surface area contributed by atoms with E-state index in [1.807, 2.05) is 0 Å². The van der Waals surface area contributed by atoms with Crippen LogP contribution in [0.15, 0.2) is 42.7 Å². The highest BCUT2D eigenvalue weighted by atomic mass is 31.2. The number of methoxy groups -OCH3 is 1. The number of hydrogen-bond acceptors (Lipinski definition) is 10. The second kappa shape index (κ2) is 14.9. The number of H-pyrrole nitrogens is 1. The molecule has 246 valence electrons. The van der Waals surface area contributed by atoms with Gasteiger partial charge in [0.05, 0.1) is 37.9 Å². The van der Waals surface area contributed by atoms with E-state index in [0.717, 1.165) is 25.3 Å². The van der Waals surface area contributed by atoms with Crippen LogP contribution < -0.4 is 20.1 Å². The zero-order chi connectivity index (χ0) is 32.7. The van der Waals surface area contributed by atoms with Gasteiger partial charge in [-0.05, 0) is 37.5 Å². The van der Waals surface area contributed by atoms with E-state index in [1.54, 1.807) is 18.2 Å². The summed E-state index contributed by atoms with van der Waals surface area (Å²) in [5.74, 6) is -1.02. The van der Waals surface area contributed by atoms with Gasteiger partial charge < -0.3 is 29.9 Å². The summed E-state index contributed by atoms with van der Waals surface area (Å²) < 4.78 is 54.6. The largest absolute Gasteiger partial charge is 0.493 e. The van der Waals surface area contributed by atoms with Gasteiger partial charge in [0.2, 0.25) is 5.91 Å². The highest BCUT2D eigenvalue weighted by Crippen LogP contribution is 2.36. The summed E-state index contributed by atoms with van der Waals surface area (Å²) >= 11 is 0. The molecule has 5 N–H and O–H groups in total. The Labute approximate surface area is 262 Å². The Morgan fingerprint density at radius 1 is 1.13 bits per heavy atom. The minimum absolute atomic E-state index is 0.0527. The van der Waals surface area contributed by atoms with Gasteiger partial charge >= 0.3 is 7.82 Å². The molecule has 1 amide bonds. The fourth-order valence-electron chi connectivity index (χ4n) is 5.00. The number of aromatic nitrogens is 4. The van der Waals surface area contributed by atoms with Crippen molar-refractivity contribution in [2.75, 3.05) is 44.0 Å². The maximum Gasteiger partial charge on any atom is 0.469 e. The molecule has 4 aromatic rings. The van der Waals surface area contributed by atoms with Crippen LogP contribution in [0.5, 0.6) is 11.5 Å². The van der Waals surface area contributed by atoms with E-state index in [-0.39, 0.29) is 18.7 Å². The number of carbonyl (C=O) groups excluding carboxylic acids is 1. The third-order valence-corrected chi connectivity index (χ3v) is 7.97. The van der Waals surface area contributed by atoms with Gasteiger partial charge in [-0.1, -0.05) is 12.5 Å². The first-order chi connectivity index (χ1) is 22.1. The number of phosphoric ester groups is 1. The standard InChI is InChI=1S/C29H34F2N7O7P/c1-43-24-15-20-23(16-25(24)44-11-4-9-38(19-5-2-6-19)10-12-45-46(40,41)42)32-17-33-29(20)35-26-13-18(36-37-26)14-27(39)34-22-8-3-7-21(30)28(22)31/h3,7-8,13,15-17,19H,2,4-6,9-12,14H2,1H3,(H,34,39)(H2,40,41,42)(H2,32,33,35,36,37). The molecule has 1 aliphatic carbocycles. The molecule has 1 saturated carbocycles. The van der Waals surface area contributed by atoms with E-state index < -0.39 is 25.4 Å². The lowest BCUT2D eigenvalue weighted by Crippen LogP contribution is -2.42. The number of phosphoric acid groups is 1. The number of ether oxygens (including phenoxy) is 2. The van der Waals surface area contributed by atoms with Crippen molar-refractivity contribution in [2.24, 2.45) is 0 Å².